The first kappa shape index (κ1) is 48.0. The van der Waals surface area contributed by atoms with Crippen LogP contribution in [0.5, 0.6) is 5.75 Å². The molecule has 1 saturated heterocycles. The smallest absolute Gasteiger partial charge is 0.408 e. The van der Waals surface area contributed by atoms with E-state index in [9.17, 15) is 39.0 Å². The Labute approximate surface area is 396 Å². The summed E-state index contributed by atoms with van der Waals surface area (Å²) >= 11 is 0. The lowest BCUT2D eigenvalue weighted by molar-refractivity contribution is -0.148. The number of aliphatic carboxylic acids is 1. The van der Waals surface area contributed by atoms with Gasteiger partial charge in [-0.1, -0.05) is 51.5 Å². The molecule has 3 aromatic carbocycles. The van der Waals surface area contributed by atoms with E-state index < -0.39 is 46.4 Å². The summed E-state index contributed by atoms with van der Waals surface area (Å²) in [6.45, 7) is 6.69. The van der Waals surface area contributed by atoms with E-state index in [1.54, 1.807) is 41.3 Å². The van der Waals surface area contributed by atoms with Crippen LogP contribution >= 0.6 is 0 Å². The molecule has 3 fully saturated rings. The minimum atomic E-state index is -1.24. The zero-order valence-corrected chi connectivity index (χ0v) is 39.2. The fraction of sp³-hybridized carbons (Fsp3) is 0.519. The van der Waals surface area contributed by atoms with E-state index in [1.165, 1.54) is 5.56 Å². The highest BCUT2D eigenvalue weighted by Gasteiger charge is 2.75. The molecule has 1 heterocycles. The molecule has 4 aliphatic carbocycles. The Balaban J connectivity index is 0.912. The Morgan fingerprint density at radius 3 is 2.15 bits per heavy atom. The molecule has 16 heteroatoms. The molecule has 3 aromatic rings. The molecule has 2 saturated carbocycles. The topological polar surface area (TPSA) is 246 Å². The molecule has 7 atom stereocenters. The Kier molecular flexibility index (Phi) is 13.4. The van der Waals surface area contributed by atoms with Crippen LogP contribution in [-0.4, -0.2) is 75.0 Å². The van der Waals surface area contributed by atoms with Crippen molar-refractivity contribution in [1.29, 1.82) is 0 Å². The number of alkyl carbamates (subject to hydrolysis) is 1. The number of anilines is 2. The van der Waals surface area contributed by atoms with Gasteiger partial charge >= 0.3 is 18.1 Å². The maximum absolute atomic E-state index is 15.2. The number of fused-ring (bicyclic) bond motifs is 7. The maximum Gasteiger partial charge on any atom is 0.408 e. The third kappa shape index (κ3) is 9.13. The number of aromatic hydroxyl groups is 1. The number of urea groups is 1. The molecule has 8 N–H and O–H groups in total. The zero-order chi connectivity index (χ0) is 48.6. The second-order valence-electron chi connectivity index (χ2n) is 20.4. The lowest BCUT2D eigenvalue weighted by atomic mass is 9.49. The van der Waals surface area contributed by atoms with Gasteiger partial charge in [0.1, 0.15) is 23.9 Å². The minimum absolute atomic E-state index is 0.0374. The number of hydrogen-bond acceptors (Lipinski definition) is 9. The Morgan fingerprint density at radius 1 is 0.794 bits per heavy atom. The van der Waals surface area contributed by atoms with Crippen LogP contribution in [0.3, 0.4) is 0 Å². The summed E-state index contributed by atoms with van der Waals surface area (Å²) in [6, 6.07) is 16.2. The summed E-state index contributed by atoms with van der Waals surface area (Å²) in [5, 5.41) is 30.7. The number of carboxylic acid groups (broad SMARTS) is 1. The van der Waals surface area contributed by atoms with E-state index in [4.69, 9.17) is 10.5 Å². The average molecular weight is 933 g/mol. The van der Waals surface area contributed by atoms with Gasteiger partial charge in [0.15, 0.2) is 0 Å². The number of carbonyl (C=O) groups is 7. The fourth-order valence-electron chi connectivity index (χ4n) is 12.8. The molecule has 362 valence electrons. The van der Waals surface area contributed by atoms with Crippen LogP contribution in [0.2, 0.25) is 0 Å². The number of rotatable bonds is 15. The van der Waals surface area contributed by atoms with Crippen molar-refractivity contribution in [2.75, 3.05) is 17.2 Å². The van der Waals surface area contributed by atoms with E-state index >= 15 is 4.79 Å². The molecule has 16 nitrogen and oxygen atoms in total. The van der Waals surface area contributed by atoms with Crippen molar-refractivity contribution in [2.24, 2.45) is 23.0 Å². The number of unbranched alkanes of at least 4 members (excludes halogenated alkanes) is 1. The lowest BCUT2D eigenvalue weighted by Gasteiger charge is -2.55. The molecule has 0 bridgehead atoms. The van der Waals surface area contributed by atoms with Crippen molar-refractivity contribution < 1.29 is 48.5 Å². The summed E-state index contributed by atoms with van der Waals surface area (Å²) in [5.41, 5.74) is 8.69. The number of hydrogen-bond donors (Lipinski definition) is 7. The lowest BCUT2D eigenvalue weighted by Crippen LogP contribution is -2.56. The first-order valence-electron chi connectivity index (χ1n) is 24.1. The van der Waals surface area contributed by atoms with Gasteiger partial charge in [0, 0.05) is 36.7 Å². The van der Waals surface area contributed by atoms with Crippen LogP contribution in [0.25, 0.3) is 0 Å². The molecule has 0 radical (unpaired) electrons. The standard InChI is InChI=1S/C52H64N6O10/c1-49-23-6-25-51(3,45(64)58-46(65)52(58)26-7-24-50(2)38-29-36(59)18-12-33(38)14-21-41(50)52)40(49)20-13-32-11-17-35(28-37(32)49)56-44(63)39(19-22-43(61)62)57-48(67)68-30-31-9-15-34(16-10-31)55-42(60)8-4-5-27-54-47(53)66/h9-12,15-18,28-29,39-41,59H,4-8,13-14,19-27,30H2,1-3H3,(H,55,60)(H,56,63)(H,57,67)(H,61,62)(H3,53,54,66)/t39-,40?,41?,49+,50+,51-,52+,58?/m0/s1. The van der Waals surface area contributed by atoms with Crippen LogP contribution in [-0.2, 0) is 59.0 Å². The number of carbonyl (C=O) groups excluding carboxylic acids is 6. The molecular weight excluding hydrogens is 869 g/mol. The van der Waals surface area contributed by atoms with Gasteiger partial charge in [0.05, 0.1) is 5.41 Å². The highest BCUT2D eigenvalue weighted by molar-refractivity contribution is 6.17. The van der Waals surface area contributed by atoms with Gasteiger partial charge in [-0.15, -0.1) is 0 Å². The molecule has 0 aromatic heterocycles. The predicted molar refractivity (Wildman–Crippen MR) is 252 cm³/mol. The highest BCUT2D eigenvalue weighted by Crippen LogP contribution is 2.65. The zero-order valence-electron chi connectivity index (χ0n) is 39.2. The molecular formula is C52H64N6O10. The van der Waals surface area contributed by atoms with Gasteiger partial charge in [-0.2, -0.15) is 0 Å². The fourth-order valence-corrected chi connectivity index (χ4v) is 12.8. The second-order valence-corrected chi connectivity index (χ2v) is 20.4. The summed E-state index contributed by atoms with van der Waals surface area (Å²) in [4.78, 5) is 92.7. The largest absolute Gasteiger partial charge is 0.508 e. The number of nitrogens with zero attached hydrogens (tertiary/aromatic N) is 1. The van der Waals surface area contributed by atoms with Crippen LogP contribution in [0.1, 0.15) is 132 Å². The monoisotopic (exact) mass is 932 g/mol. The van der Waals surface area contributed by atoms with E-state index in [1.807, 2.05) is 24.3 Å². The number of primary amides is 1. The summed E-state index contributed by atoms with van der Waals surface area (Å²) in [6.07, 6.45) is 7.62. The van der Waals surface area contributed by atoms with Gasteiger partial charge in [-0.25, -0.2) is 9.59 Å². The quantitative estimate of drug-likeness (QED) is 0.0463. The highest BCUT2D eigenvalue weighted by atomic mass is 16.5. The molecule has 5 aliphatic rings. The Hall–Kier alpha value is -6.45. The predicted octanol–water partition coefficient (Wildman–Crippen LogP) is 7.09. The SMILES string of the molecule is C[C@]1(C(=O)N2C(=O)[C@]23CCC[C@]2(C)c4cc(O)ccc4CCC32)CCC[C@]2(C)c3cc(NC(=O)[C@H](CCC(=O)O)NC(=O)OCc4ccc(NC(=O)CCCCNC(N)=O)cc4)ccc3CCC12. The molecule has 7 amide bonds. The Bertz CT molecular complexity index is 2510. The normalized spacial score (nSPS) is 27.0. The van der Waals surface area contributed by atoms with Crippen molar-refractivity contribution in [3.05, 3.63) is 88.5 Å². The summed E-state index contributed by atoms with van der Waals surface area (Å²) < 4.78 is 5.41. The van der Waals surface area contributed by atoms with Crippen molar-refractivity contribution in [1.82, 2.24) is 15.5 Å². The average Bonchev–Trinajstić information content (AvgIpc) is 3.87. The van der Waals surface area contributed by atoms with Gasteiger partial charge in [-0.3, -0.25) is 28.9 Å². The van der Waals surface area contributed by atoms with Crippen LogP contribution in [0.4, 0.5) is 21.0 Å². The number of aryl methyl sites for hydroxylation is 2. The van der Waals surface area contributed by atoms with Crippen molar-refractivity contribution in [2.45, 2.75) is 146 Å². The maximum atomic E-state index is 15.2. The van der Waals surface area contributed by atoms with Gasteiger partial charge in [0.25, 0.3) is 5.91 Å². The number of phenolic OH excluding ortho intramolecular Hbond substituents is 1. The van der Waals surface area contributed by atoms with Gasteiger partial charge < -0.3 is 42.0 Å². The van der Waals surface area contributed by atoms with Crippen LogP contribution in [0, 0.1) is 17.3 Å². The number of ether oxygens (including phenoxy) is 1. The molecule has 2 unspecified atom stereocenters. The van der Waals surface area contributed by atoms with Crippen molar-refractivity contribution in [3.63, 3.8) is 0 Å². The van der Waals surface area contributed by atoms with E-state index in [-0.39, 0.29) is 66.6 Å². The minimum Gasteiger partial charge on any atom is -0.508 e. The van der Waals surface area contributed by atoms with Gasteiger partial charge in [0.2, 0.25) is 17.7 Å². The third-order valence-corrected chi connectivity index (χ3v) is 16.2. The second kappa shape index (κ2) is 18.9. The third-order valence-electron chi connectivity index (χ3n) is 16.2. The number of nitrogens with one attached hydrogen (secondary N) is 4. The van der Waals surface area contributed by atoms with Crippen LogP contribution < -0.4 is 27.0 Å². The molecule has 8 rings (SSSR count). The first-order valence-corrected chi connectivity index (χ1v) is 24.1. The number of nitrogens with two attached hydrogens (primary N) is 1. The van der Waals surface area contributed by atoms with E-state index in [0.717, 1.165) is 68.1 Å². The number of imide groups is 1. The van der Waals surface area contributed by atoms with Gasteiger partial charge in [-0.05, 0) is 158 Å². The van der Waals surface area contributed by atoms with Crippen LogP contribution in [0.15, 0.2) is 60.7 Å². The number of phenols is 1. The summed E-state index contributed by atoms with van der Waals surface area (Å²) in [7, 11) is 0. The number of carboxylic acids is 1. The summed E-state index contributed by atoms with van der Waals surface area (Å²) in [5.74, 6) is -2.00. The molecule has 68 heavy (non-hydrogen) atoms. The number of benzene rings is 3. The Morgan fingerprint density at radius 2 is 1.44 bits per heavy atom. The molecule has 1 spiro atoms. The van der Waals surface area contributed by atoms with E-state index in [0.29, 0.717) is 49.2 Å². The van der Waals surface area contributed by atoms with E-state index in [2.05, 4.69) is 42.0 Å². The van der Waals surface area contributed by atoms with Crippen molar-refractivity contribution in [3.8, 4) is 5.75 Å². The first-order chi connectivity index (χ1) is 32.4. The molecule has 1 aliphatic heterocycles. The van der Waals surface area contributed by atoms with Crippen molar-refractivity contribution >= 4 is 53.1 Å². The number of amides is 7.